The number of carbonyl (C=O) groups is 2. The highest BCUT2D eigenvalue weighted by Crippen LogP contribution is 2.27. The van der Waals surface area contributed by atoms with E-state index in [0.29, 0.717) is 0 Å². The molecule has 0 atom stereocenters. The molecule has 3 N–H and O–H groups in total. The van der Waals surface area contributed by atoms with E-state index in [4.69, 9.17) is 5.73 Å². The Balaban J connectivity index is 2.29. The van der Waals surface area contributed by atoms with Crippen molar-refractivity contribution in [3.8, 4) is 5.75 Å². The van der Waals surface area contributed by atoms with E-state index >= 15 is 0 Å². The van der Waals surface area contributed by atoms with Gasteiger partial charge in [0.2, 0.25) is 5.91 Å². The van der Waals surface area contributed by atoms with Gasteiger partial charge in [-0.1, -0.05) is 24.5 Å². The second-order valence-corrected chi connectivity index (χ2v) is 5.36. The minimum Gasteiger partial charge on any atom is -0.507 e. The quantitative estimate of drug-likeness (QED) is 0.875. The van der Waals surface area contributed by atoms with Crippen molar-refractivity contribution in [1.82, 2.24) is 4.90 Å². The molecule has 5 heteroatoms. The molecule has 5 nitrogen and oxygen atoms in total. The fourth-order valence-corrected chi connectivity index (χ4v) is 2.73. The van der Waals surface area contributed by atoms with Crippen LogP contribution in [0.15, 0.2) is 18.2 Å². The normalized spacial score (nSPS) is 15.2. The molecule has 0 heterocycles. The van der Waals surface area contributed by atoms with E-state index < -0.39 is 5.91 Å². The van der Waals surface area contributed by atoms with E-state index in [1.807, 2.05) is 6.92 Å². The lowest BCUT2D eigenvalue weighted by molar-refractivity contribution is -0.119. The SMILES string of the molecule is Cc1ccc(O)c(C(=O)N(CC(N)=O)C2CCCC2)c1. The monoisotopic (exact) mass is 276 g/mol. The van der Waals surface area contributed by atoms with Crippen molar-refractivity contribution in [2.24, 2.45) is 5.73 Å². The van der Waals surface area contributed by atoms with Crippen LogP contribution in [0.2, 0.25) is 0 Å². The molecular formula is C15H20N2O3. The van der Waals surface area contributed by atoms with Crippen molar-refractivity contribution >= 4 is 11.8 Å². The summed E-state index contributed by atoms with van der Waals surface area (Å²) in [5.74, 6) is -0.914. The summed E-state index contributed by atoms with van der Waals surface area (Å²) in [5, 5.41) is 9.87. The van der Waals surface area contributed by atoms with Gasteiger partial charge >= 0.3 is 0 Å². The number of primary amides is 1. The van der Waals surface area contributed by atoms with Gasteiger partial charge < -0.3 is 15.7 Å². The highest BCUT2D eigenvalue weighted by molar-refractivity contribution is 5.99. The van der Waals surface area contributed by atoms with Gasteiger partial charge in [0.15, 0.2) is 0 Å². The smallest absolute Gasteiger partial charge is 0.258 e. The molecule has 20 heavy (non-hydrogen) atoms. The summed E-state index contributed by atoms with van der Waals surface area (Å²) in [6.07, 6.45) is 3.86. The standard InChI is InChI=1S/C15H20N2O3/c1-10-6-7-13(18)12(8-10)15(20)17(9-14(16)19)11-4-2-3-5-11/h6-8,11,18H,2-5,9H2,1H3,(H2,16,19). The Bertz CT molecular complexity index is 522. The van der Waals surface area contributed by atoms with Crippen LogP contribution in [-0.4, -0.2) is 34.4 Å². The summed E-state index contributed by atoms with van der Waals surface area (Å²) < 4.78 is 0. The van der Waals surface area contributed by atoms with Gasteiger partial charge in [-0.25, -0.2) is 0 Å². The molecule has 0 radical (unpaired) electrons. The number of nitrogens with two attached hydrogens (primary N) is 1. The van der Waals surface area contributed by atoms with Crippen LogP contribution in [0.25, 0.3) is 0 Å². The maximum Gasteiger partial charge on any atom is 0.258 e. The average Bonchev–Trinajstić information content (AvgIpc) is 2.91. The number of aromatic hydroxyl groups is 1. The molecule has 2 rings (SSSR count). The van der Waals surface area contributed by atoms with E-state index in [1.165, 1.54) is 11.0 Å². The Morgan fingerprint density at radius 2 is 2.00 bits per heavy atom. The summed E-state index contributed by atoms with van der Waals surface area (Å²) in [6.45, 7) is 1.75. The van der Waals surface area contributed by atoms with Gasteiger partial charge in [0, 0.05) is 6.04 Å². The van der Waals surface area contributed by atoms with Crippen LogP contribution in [0, 0.1) is 6.92 Å². The van der Waals surface area contributed by atoms with Crippen molar-refractivity contribution in [3.05, 3.63) is 29.3 Å². The molecule has 1 aliphatic carbocycles. The van der Waals surface area contributed by atoms with Gasteiger partial charge in [0.25, 0.3) is 5.91 Å². The molecule has 0 saturated heterocycles. The van der Waals surface area contributed by atoms with Gasteiger partial charge in [-0.15, -0.1) is 0 Å². The number of nitrogens with zero attached hydrogens (tertiary/aromatic N) is 1. The number of carbonyl (C=O) groups excluding carboxylic acids is 2. The zero-order valence-electron chi connectivity index (χ0n) is 11.6. The van der Waals surface area contributed by atoms with Gasteiger partial charge in [0.05, 0.1) is 12.1 Å². The minimum atomic E-state index is -0.530. The zero-order valence-corrected chi connectivity index (χ0v) is 11.6. The number of aryl methyl sites for hydroxylation is 1. The second-order valence-electron chi connectivity index (χ2n) is 5.36. The van der Waals surface area contributed by atoms with Crippen LogP contribution in [0.5, 0.6) is 5.75 Å². The van der Waals surface area contributed by atoms with Crippen molar-refractivity contribution in [1.29, 1.82) is 0 Å². The first-order chi connectivity index (χ1) is 9.49. The molecule has 108 valence electrons. The first-order valence-corrected chi connectivity index (χ1v) is 6.88. The van der Waals surface area contributed by atoms with Crippen LogP contribution in [0.4, 0.5) is 0 Å². The predicted molar refractivity (Wildman–Crippen MR) is 75.3 cm³/mol. The van der Waals surface area contributed by atoms with Crippen LogP contribution in [0.3, 0.4) is 0 Å². The van der Waals surface area contributed by atoms with Gasteiger partial charge in [0.1, 0.15) is 5.75 Å². The molecule has 1 saturated carbocycles. The first-order valence-electron chi connectivity index (χ1n) is 6.88. The zero-order chi connectivity index (χ0) is 14.7. The van der Waals surface area contributed by atoms with Crippen LogP contribution in [-0.2, 0) is 4.79 Å². The van der Waals surface area contributed by atoms with Crippen molar-refractivity contribution in [2.75, 3.05) is 6.54 Å². The fourth-order valence-electron chi connectivity index (χ4n) is 2.73. The van der Waals surface area contributed by atoms with Crippen molar-refractivity contribution in [2.45, 2.75) is 38.6 Å². The third-order valence-electron chi connectivity index (χ3n) is 3.73. The Hall–Kier alpha value is -2.04. The van der Waals surface area contributed by atoms with E-state index in [2.05, 4.69) is 0 Å². The Labute approximate surface area is 118 Å². The number of phenols is 1. The summed E-state index contributed by atoms with van der Waals surface area (Å²) in [7, 11) is 0. The van der Waals surface area contributed by atoms with Crippen LogP contribution < -0.4 is 5.73 Å². The van der Waals surface area contributed by atoms with Gasteiger partial charge in [-0.2, -0.15) is 0 Å². The molecule has 0 aliphatic heterocycles. The summed E-state index contributed by atoms with van der Waals surface area (Å²) in [4.78, 5) is 25.3. The Morgan fingerprint density at radius 3 is 2.60 bits per heavy atom. The number of amides is 2. The topological polar surface area (TPSA) is 83.6 Å². The van der Waals surface area contributed by atoms with E-state index in [9.17, 15) is 14.7 Å². The molecular weight excluding hydrogens is 256 g/mol. The molecule has 0 unspecified atom stereocenters. The second kappa shape index (κ2) is 5.94. The molecule has 1 aromatic carbocycles. The minimum absolute atomic E-state index is 0.0370. The Kier molecular flexibility index (Phi) is 4.27. The number of hydrogen-bond acceptors (Lipinski definition) is 3. The van der Waals surface area contributed by atoms with Gasteiger partial charge in [-0.3, -0.25) is 9.59 Å². The third-order valence-corrected chi connectivity index (χ3v) is 3.73. The highest BCUT2D eigenvalue weighted by Gasteiger charge is 2.29. The average molecular weight is 276 g/mol. The molecule has 1 aliphatic rings. The molecule has 1 aromatic rings. The number of phenolic OH excluding ortho intramolecular Hbond substituents is 1. The molecule has 0 aromatic heterocycles. The third kappa shape index (κ3) is 3.10. The highest BCUT2D eigenvalue weighted by atomic mass is 16.3. The first kappa shape index (κ1) is 14.4. The molecule has 0 bridgehead atoms. The molecule has 0 spiro atoms. The number of rotatable bonds is 4. The summed E-state index contributed by atoms with van der Waals surface area (Å²) in [6, 6.07) is 4.91. The van der Waals surface area contributed by atoms with Crippen LogP contribution >= 0.6 is 0 Å². The van der Waals surface area contributed by atoms with E-state index in [0.717, 1.165) is 31.2 Å². The lowest BCUT2D eigenvalue weighted by atomic mass is 10.1. The van der Waals surface area contributed by atoms with Crippen molar-refractivity contribution < 1.29 is 14.7 Å². The maximum atomic E-state index is 12.6. The molecule has 1 fully saturated rings. The lowest BCUT2D eigenvalue weighted by Gasteiger charge is -2.28. The van der Waals surface area contributed by atoms with E-state index in [1.54, 1.807) is 12.1 Å². The number of benzene rings is 1. The van der Waals surface area contributed by atoms with Crippen LogP contribution in [0.1, 0.15) is 41.6 Å². The Morgan fingerprint density at radius 1 is 1.35 bits per heavy atom. The van der Waals surface area contributed by atoms with Gasteiger partial charge in [-0.05, 0) is 31.9 Å². The maximum absolute atomic E-state index is 12.6. The molecule has 2 amide bonds. The largest absolute Gasteiger partial charge is 0.507 e. The lowest BCUT2D eigenvalue weighted by Crippen LogP contribution is -2.44. The number of hydrogen-bond donors (Lipinski definition) is 2. The summed E-state index contributed by atoms with van der Waals surface area (Å²) in [5.41, 5.74) is 6.37. The van der Waals surface area contributed by atoms with E-state index in [-0.39, 0.29) is 29.8 Å². The fraction of sp³-hybridized carbons (Fsp3) is 0.467. The summed E-state index contributed by atoms with van der Waals surface area (Å²) >= 11 is 0. The van der Waals surface area contributed by atoms with Crippen molar-refractivity contribution in [3.63, 3.8) is 0 Å². The predicted octanol–water partition coefficient (Wildman–Crippen LogP) is 1.57.